The van der Waals surface area contributed by atoms with Gasteiger partial charge >= 0.3 is 0 Å². The van der Waals surface area contributed by atoms with Crippen LogP contribution >= 0.6 is 0 Å². The van der Waals surface area contributed by atoms with Gasteiger partial charge in [-0.3, -0.25) is 4.90 Å². The van der Waals surface area contributed by atoms with E-state index in [1.165, 1.54) is 24.9 Å². The molecule has 0 radical (unpaired) electrons. The van der Waals surface area contributed by atoms with Gasteiger partial charge in [-0.2, -0.15) is 0 Å². The van der Waals surface area contributed by atoms with Gasteiger partial charge in [-0.05, 0) is 51.8 Å². The zero-order chi connectivity index (χ0) is 14.8. The second kappa shape index (κ2) is 6.16. The minimum Gasteiger partial charge on any atom is -0.313 e. The minimum atomic E-state index is 0.540. The van der Waals surface area contributed by atoms with E-state index in [4.69, 9.17) is 4.98 Å². The van der Waals surface area contributed by atoms with E-state index in [0.717, 1.165) is 24.4 Å². The lowest BCUT2D eigenvalue weighted by molar-refractivity contribution is 0.192. The quantitative estimate of drug-likeness (QED) is 0.917. The summed E-state index contributed by atoms with van der Waals surface area (Å²) in [6, 6.07) is 5.38. The second-order valence-electron chi connectivity index (χ2n) is 6.47. The average Bonchev–Trinajstić information content (AvgIpc) is 3.07. The molecule has 1 saturated heterocycles. The fourth-order valence-electron chi connectivity index (χ4n) is 3.14. The van der Waals surface area contributed by atoms with E-state index < -0.39 is 0 Å². The van der Waals surface area contributed by atoms with Crippen molar-refractivity contribution in [1.29, 1.82) is 0 Å². The third-order valence-electron chi connectivity index (χ3n) is 4.44. The molecule has 114 valence electrons. The summed E-state index contributed by atoms with van der Waals surface area (Å²) in [5.74, 6) is 0. The van der Waals surface area contributed by atoms with Gasteiger partial charge in [-0.15, -0.1) is 0 Å². The van der Waals surface area contributed by atoms with Crippen LogP contribution in [0.1, 0.15) is 37.9 Å². The maximum Gasteiger partial charge on any atom is 0.139 e. The van der Waals surface area contributed by atoms with E-state index in [0.29, 0.717) is 12.1 Å². The molecule has 1 unspecified atom stereocenters. The summed E-state index contributed by atoms with van der Waals surface area (Å²) in [6.07, 6.45) is 6.86. The Bertz CT molecular complexity index is 596. The molecule has 4 heteroatoms. The van der Waals surface area contributed by atoms with Gasteiger partial charge < -0.3 is 9.72 Å². The van der Waals surface area contributed by atoms with Crippen LogP contribution in [-0.2, 0) is 6.54 Å². The molecule has 4 nitrogen and oxygen atoms in total. The Labute approximate surface area is 127 Å². The van der Waals surface area contributed by atoms with Gasteiger partial charge in [0.2, 0.25) is 0 Å². The summed E-state index contributed by atoms with van der Waals surface area (Å²) >= 11 is 0. The van der Waals surface area contributed by atoms with Crippen LogP contribution < -0.4 is 5.32 Å². The molecule has 1 aliphatic heterocycles. The molecule has 1 N–H and O–H groups in total. The molecule has 3 rings (SSSR count). The average molecular weight is 286 g/mol. The maximum absolute atomic E-state index is 4.81. The van der Waals surface area contributed by atoms with E-state index >= 15 is 0 Å². The van der Waals surface area contributed by atoms with Gasteiger partial charge in [0.15, 0.2) is 0 Å². The fraction of sp³-hybridized carbons (Fsp3) is 0.588. The molecule has 3 heterocycles. The summed E-state index contributed by atoms with van der Waals surface area (Å²) in [5.41, 5.74) is 3.48. The van der Waals surface area contributed by atoms with Crippen molar-refractivity contribution in [1.82, 2.24) is 19.6 Å². The molecule has 2 aromatic heterocycles. The van der Waals surface area contributed by atoms with Crippen molar-refractivity contribution < 1.29 is 0 Å². The third kappa shape index (κ3) is 3.27. The van der Waals surface area contributed by atoms with E-state index in [2.05, 4.69) is 59.9 Å². The molecule has 21 heavy (non-hydrogen) atoms. The number of aromatic nitrogens is 2. The van der Waals surface area contributed by atoms with Gasteiger partial charge in [0.1, 0.15) is 5.65 Å². The molecule has 0 saturated carbocycles. The van der Waals surface area contributed by atoms with Crippen molar-refractivity contribution in [3.8, 4) is 0 Å². The van der Waals surface area contributed by atoms with Crippen LogP contribution in [0.4, 0.5) is 0 Å². The van der Waals surface area contributed by atoms with E-state index in [1.54, 1.807) is 0 Å². The highest BCUT2D eigenvalue weighted by Crippen LogP contribution is 2.15. The molecule has 0 amide bonds. The minimum absolute atomic E-state index is 0.540. The van der Waals surface area contributed by atoms with E-state index in [1.807, 2.05) is 0 Å². The number of nitrogens with zero attached hydrogens (tertiary/aromatic N) is 3. The van der Waals surface area contributed by atoms with Crippen LogP contribution in [0.25, 0.3) is 5.65 Å². The Balaban J connectivity index is 1.75. The Kier molecular flexibility index (Phi) is 4.27. The number of imidazole rings is 1. The van der Waals surface area contributed by atoms with Gasteiger partial charge in [-0.1, -0.05) is 6.07 Å². The molecule has 0 aliphatic carbocycles. The summed E-state index contributed by atoms with van der Waals surface area (Å²) in [7, 11) is 0. The zero-order valence-electron chi connectivity index (χ0n) is 13.3. The molecule has 1 aliphatic rings. The topological polar surface area (TPSA) is 32.6 Å². The first-order valence-corrected chi connectivity index (χ1v) is 8.04. The van der Waals surface area contributed by atoms with E-state index in [-0.39, 0.29) is 0 Å². The number of rotatable bonds is 5. The van der Waals surface area contributed by atoms with E-state index in [9.17, 15) is 0 Å². The molecule has 1 atom stereocenters. The predicted molar refractivity (Wildman–Crippen MR) is 86.5 cm³/mol. The standard InChI is InChI=1S/C17H26N4/c1-13(2)21(10-15-7-4-8-18-15)12-16-11-20-9-5-6-14(3)17(20)19-16/h5-6,9,11,13,15,18H,4,7-8,10,12H2,1-3H3. The Hall–Kier alpha value is -1.39. The fourth-order valence-corrected chi connectivity index (χ4v) is 3.14. The van der Waals surface area contributed by atoms with Crippen LogP contribution in [-0.4, -0.2) is 39.5 Å². The highest BCUT2D eigenvalue weighted by Gasteiger charge is 2.20. The second-order valence-corrected chi connectivity index (χ2v) is 6.47. The first-order valence-electron chi connectivity index (χ1n) is 8.04. The van der Waals surface area contributed by atoms with Crippen LogP contribution in [0, 0.1) is 6.92 Å². The SMILES string of the molecule is Cc1cccn2cc(CN(CC3CCCN3)C(C)C)nc12. The number of hydrogen-bond acceptors (Lipinski definition) is 3. The molecular formula is C17H26N4. The lowest BCUT2D eigenvalue weighted by Gasteiger charge is -2.28. The van der Waals surface area contributed by atoms with Gasteiger partial charge in [-0.25, -0.2) is 4.98 Å². The number of fused-ring (bicyclic) bond motifs is 1. The zero-order valence-corrected chi connectivity index (χ0v) is 13.3. The molecule has 0 spiro atoms. The van der Waals surface area contributed by atoms with Crippen LogP contribution in [0.3, 0.4) is 0 Å². The highest BCUT2D eigenvalue weighted by molar-refractivity contribution is 5.47. The van der Waals surface area contributed by atoms with Gasteiger partial charge in [0.25, 0.3) is 0 Å². The third-order valence-corrected chi connectivity index (χ3v) is 4.44. The molecule has 1 fully saturated rings. The van der Waals surface area contributed by atoms with Crippen molar-refractivity contribution in [2.24, 2.45) is 0 Å². The van der Waals surface area contributed by atoms with Crippen molar-refractivity contribution in [3.63, 3.8) is 0 Å². The summed E-state index contributed by atoms with van der Waals surface area (Å²) in [5, 5.41) is 3.60. The van der Waals surface area contributed by atoms with Crippen LogP contribution in [0.15, 0.2) is 24.5 Å². The smallest absolute Gasteiger partial charge is 0.139 e. The summed E-state index contributed by atoms with van der Waals surface area (Å²) < 4.78 is 2.14. The van der Waals surface area contributed by atoms with Gasteiger partial charge in [0.05, 0.1) is 5.69 Å². The summed E-state index contributed by atoms with van der Waals surface area (Å²) in [4.78, 5) is 7.34. The molecule has 0 aromatic carbocycles. The van der Waals surface area contributed by atoms with Crippen molar-refractivity contribution in [2.45, 2.75) is 52.2 Å². The summed E-state index contributed by atoms with van der Waals surface area (Å²) in [6.45, 7) is 9.88. The number of pyridine rings is 1. The maximum atomic E-state index is 4.81. The van der Waals surface area contributed by atoms with Crippen molar-refractivity contribution >= 4 is 5.65 Å². The first kappa shape index (κ1) is 14.5. The van der Waals surface area contributed by atoms with Crippen LogP contribution in [0.2, 0.25) is 0 Å². The lowest BCUT2D eigenvalue weighted by atomic mass is 10.2. The number of aryl methyl sites for hydroxylation is 1. The number of nitrogens with one attached hydrogen (secondary N) is 1. The highest BCUT2D eigenvalue weighted by atomic mass is 15.2. The van der Waals surface area contributed by atoms with Crippen LogP contribution in [0.5, 0.6) is 0 Å². The number of hydrogen-bond donors (Lipinski definition) is 1. The molecule has 2 aromatic rings. The molecule has 0 bridgehead atoms. The lowest BCUT2D eigenvalue weighted by Crippen LogP contribution is -2.40. The molecular weight excluding hydrogens is 260 g/mol. The van der Waals surface area contributed by atoms with Gasteiger partial charge in [0, 0.05) is 37.6 Å². The Morgan fingerprint density at radius 3 is 3.00 bits per heavy atom. The predicted octanol–water partition coefficient (Wildman–Crippen LogP) is 2.61. The van der Waals surface area contributed by atoms with Crippen molar-refractivity contribution in [2.75, 3.05) is 13.1 Å². The normalized spacial score (nSPS) is 19.2. The monoisotopic (exact) mass is 286 g/mol. The largest absolute Gasteiger partial charge is 0.313 e. The Morgan fingerprint density at radius 1 is 1.48 bits per heavy atom. The first-order chi connectivity index (χ1) is 10.1. The Morgan fingerprint density at radius 2 is 2.33 bits per heavy atom. The van der Waals surface area contributed by atoms with Crippen molar-refractivity contribution in [3.05, 3.63) is 35.8 Å².